The van der Waals surface area contributed by atoms with Crippen LogP contribution in [0.1, 0.15) is 5.56 Å². The summed E-state index contributed by atoms with van der Waals surface area (Å²) in [4.78, 5) is 0. The zero-order valence-corrected chi connectivity index (χ0v) is 11.7. The summed E-state index contributed by atoms with van der Waals surface area (Å²) in [5, 5.41) is 3.67. The van der Waals surface area contributed by atoms with Gasteiger partial charge in [0.25, 0.3) is 0 Å². The molecule has 0 spiro atoms. The van der Waals surface area contributed by atoms with E-state index in [4.69, 9.17) is 27.9 Å². The van der Waals surface area contributed by atoms with Crippen LogP contribution in [0.4, 0.5) is 4.39 Å². The normalized spacial score (nSPS) is 10.5. The van der Waals surface area contributed by atoms with Crippen LogP contribution in [0.5, 0.6) is 11.5 Å². The van der Waals surface area contributed by atoms with Crippen molar-refractivity contribution in [3.63, 3.8) is 0 Å². The van der Waals surface area contributed by atoms with Gasteiger partial charge in [0.1, 0.15) is 17.3 Å². The van der Waals surface area contributed by atoms with Crippen molar-refractivity contribution in [2.24, 2.45) is 0 Å². The van der Waals surface area contributed by atoms with Gasteiger partial charge in [0.15, 0.2) is 0 Å². The number of benzene rings is 2. The fourth-order valence-electron chi connectivity index (χ4n) is 1.65. The maximum Gasteiger partial charge on any atom is 0.145 e. The summed E-state index contributed by atoms with van der Waals surface area (Å²) in [7, 11) is 1.81. The molecule has 0 aliphatic heterocycles. The lowest BCUT2D eigenvalue weighted by Gasteiger charge is -2.12. The second-order valence-electron chi connectivity index (χ2n) is 3.92. The van der Waals surface area contributed by atoms with Crippen LogP contribution in [-0.2, 0) is 6.54 Å². The fraction of sp³-hybridized carbons (Fsp3) is 0.143. The van der Waals surface area contributed by atoms with Gasteiger partial charge in [0.05, 0.1) is 5.02 Å². The van der Waals surface area contributed by atoms with E-state index in [0.29, 0.717) is 23.1 Å². The van der Waals surface area contributed by atoms with E-state index in [0.717, 1.165) is 5.56 Å². The zero-order valence-electron chi connectivity index (χ0n) is 10.2. The molecule has 0 fully saturated rings. The first-order valence-corrected chi connectivity index (χ1v) is 6.42. The van der Waals surface area contributed by atoms with E-state index >= 15 is 0 Å². The first kappa shape index (κ1) is 14.1. The standard InChI is InChI=1S/C14H12Cl2FNO/c1-18-8-10-11(15)3-2-4-14(10)19-9-5-6-12(16)13(17)7-9/h2-7,18H,8H2,1H3. The van der Waals surface area contributed by atoms with Crippen molar-refractivity contribution >= 4 is 23.2 Å². The van der Waals surface area contributed by atoms with Gasteiger partial charge in [-0.1, -0.05) is 29.3 Å². The van der Waals surface area contributed by atoms with Crippen LogP contribution < -0.4 is 10.1 Å². The fourth-order valence-corrected chi connectivity index (χ4v) is 2.00. The maximum absolute atomic E-state index is 13.4. The van der Waals surface area contributed by atoms with Crippen LogP contribution in [-0.4, -0.2) is 7.05 Å². The molecular formula is C14H12Cl2FNO. The van der Waals surface area contributed by atoms with E-state index in [1.54, 1.807) is 24.3 Å². The molecule has 5 heteroatoms. The highest BCUT2D eigenvalue weighted by Gasteiger charge is 2.09. The highest BCUT2D eigenvalue weighted by molar-refractivity contribution is 6.31. The lowest BCUT2D eigenvalue weighted by atomic mass is 10.2. The molecule has 0 saturated carbocycles. The third-order valence-electron chi connectivity index (χ3n) is 2.55. The highest BCUT2D eigenvalue weighted by Crippen LogP contribution is 2.31. The van der Waals surface area contributed by atoms with E-state index in [-0.39, 0.29) is 5.02 Å². The molecule has 19 heavy (non-hydrogen) atoms. The van der Waals surface area contributed by atoms with Crippen molar-refractivity contribution in [2.75, 3.05) is 7.05 Å². The zero-order chi connectivity index (χ0) is 13.8. The molecule has 2 aromatic carbocycles. The Morgan fingerprint density at radius 3 is 2.63 bits per heavy atom. The topological polar surface area (TPSA) is 21.3 Å². The summed E-state index contributed by atoms with van der Waals surface area (Å²) < 4.78 is 19.0. The summed E-state index contributed by atoms with van der Waals surface area (Å²) in [5.74, 6) is 0.446. The Labute approximate surface area is 121 Å². The molecule has 0 unspecified atom stereocenters. The Hall–Kier alpha value is -1.29. The van der Waals surface area contributed by atoms with E-state index in [1.165, 1.54) is 12.1 Å². The van der Waals surface area contributed by atoms with E-state index in [9.17, 15) is 4.39 Å². The quantitative estimate of drug-likeness (QED) is 0.888. The Bertz CT molecular complexity index is 590. The summed E-state index contributed by atoms with van der Waals surface area (Å²) >= 11 is 11.7. The Balaban J connectivity index is 2.32. The maximum atomic E-state index is 13.4. The van der Waals surface area contributed by atoms with Gasteiger partial charge in [-0.3, -0.25) is 0 Å². The van der Waals surface area contributed by atoms with Crippen LogP contribution in [0.25, 0.3) is 0 Å². The molecule has 0 bridgehead atoms. The van der Waals surface area contributed by atoms with Crippen molar-refractivity contribution in [3.05, 3.63) is 57.8 Å². The smallest absolute Gasteiger partial charge is 0.145 e. The molecule has 0 aromatic heterocycles. The van der Waals surface area contributed by atoms with Gasteiger partial charge in [-0.05, 0) is 31.3 Å². The Morgan fingerprint density at radius 1 is 1.16 bits per heavy atom. The summed E-state index contributed by atoms with van der Waals surface area (Å²) in [6.45, 7) is 0.561. The van der Waals surface area contributed by atoms with Crippen LogP contribution in [0.3, 0.4) is 0 Å². The third kappa shape index (κ3) is 3.38. The lowest BCUT2D eigenvalue weighted by Crippen LogP contribution is -2.07. The molecule has 2 rings (SSSR count). The molecule has 0 heterocycles. The Kier molecular flexibility index (Phi) is 4.64. The van der Waals surface area contributed by atoms with Gasteiger partial charge in [-0.2, -0.15) is 0 Å². The largest absolute Gasteiger partial charge is 0.457 e. The minimum Gasteiger partial charge on any atom is -0.457 e. The average Bonchev–Trinajstić information content (AvgIpc) is 2.38. The molecule has 1 N–H and O–H groups in total. The molecule has 0 saturated heterocycles. The highest BCUT2D eigenvalue weighted by atomic mass is 35.5. The third-order valence-corrected chi connectivity index (χ3v) is 3.21. The van der Waals surface area contributed by atoms with Crippen LogP contribution in [0.2, 0.25) is 10.0 Å². The second-order valence-corrected chi connectivity index (χ2v) is 4.74. The summed E-state index contributed by atoms with van der Waals surface area (Å²) in [6, 6.07) is 9.65. The first-order valence-electron chi connectivity index (χ1n) is 5.66. The van der Waals surface area contributed by atoms with Crippen LogP contribution in [0, 0.1) is 5.82 Å². The molecule has 2 aromatic rings. The minimum atomic E-state index is -0.517. The first-order chi connectivity index (χ1) is 9.11. The summed E-state index contributed by atoms with van der Waals surface area (Å²) in [6.07, 6.45) is 0. The molecule has 100 valence electrons. The van der Waals surface area contributed by atoms with E-state index < -0.39 is 5.82 Å². The van der Waals surface area contributed by atoms with Gasteiger partial charge in [-0.25, -0.2) is 4.39 Å². The molecule has 0 amide bonds. The van der Waals surface area contributed by atoms with Gasteiger partial charge in [-0.15, -0.1) is 0 Å². The Morgan fingerprint density at radius 2 is 1.95 bits per heavy atom. The minimum absolute atomic E-state index is 0.0638. The number of rotatable bonds is 4. The average molecular weight is 300 g/mol. The van der Waals surface area contributed by atoms with Gasteiger partial charge in [0.2, 0.25) is 0 Å². The second kappa shape index (κ2) is 6.24. The van der Waals surface area contributed by atoms with Gasteiger partial charge in [0, 0.05) is 23.2 Å². The number of hydrogen-bond donors (Lipinski definition) is 1. The number of halogens is 3. The predicted molar refractivity (Wildman–Crippen MR) is 75.7 cm³/mol. The predicted octanol–water partition coefficient (Wildman–Crippen LogP) is 4.64. The monoisotopic (exact) mass is 299 g/mol. The SMILES string of the molecule is CNCc1c(Cl)cccc1Oc1ccc(Cl)c(F)c1. The lowest BCUT2D eigenvalue weighted by molar-refractivity contribution is 0.469. The van der Waals surface area contributed by atoms with Crippen LogP contribution >= 0.6 is 23.2 Å². The number of nitrogens with one attached hydrogen (secondary N) is 1. The van der Waals surface area contributed by atoms with Crippen LogP contribution in [0.15, 0.2) is 36.4 Å². The molecule has 0 aliphatic rings. The number of ether oxygens (including phenoxy) is 1. The van der Waals surface area contributed by atoms with E-state index in [2.05, 4.69) is 5.32 Å². The van der Waals surface area contributed by atoms with Crippen molar-refractivity contribution in [1.82, 2.24) is 5.32 Å². The molecule has 2 nitrogen and oxygen atoms in total. The molecule has 0 atom stereocenters. The molecule has 0 radical (unpaired) electrons. The van der Waals surface area contributed by atoms with Crippen molar-refractivity contribution in [3.8, 4) is 11.5 Å². The van der Waals surface area contributed by atoms with Crippen molar-refractivity contribution in [1.29, 1.82) is 0 Å². The number of hydrogen-bond acceptors (Lipinski definition) is 2. The van der Waals surface area contributed by atoms with E-state index in [1.807, 2.05) is 7.05 Å². The van der Waals surface area contributed by atoms with Crippen molar-refractivity contribution < 1.29 is 9.13 Å². The molecule has 0 aliphatic carbocycles. The van der Waals surface area contributed by atoms with Crippen molar-refractivity contribution in [2.45, 2.75) is 6.54 Å². The van der Waals surface area contributed by atoms with Gasteiger partial charge >= 0.3 is 0 Å². The summed E-state index contributed by atoms with van der Waals surface area (Å²) in [5.41, 5.74) is 0.821. The van der Waals surface area contributed by atoms with Gasteiger partial charge < -0.3 is 10.1 Å². The molecular weight excluding hydrogens is 288 g/mol.